The second kappa shape index (κ2) is 6.86. The van der Waals surface area contributed by atoms with Crippen LogP contribution in [0.4, 0.5) is 11.8 Å². The Hall–Kier alpha value is -1.14. The van der Waals surface area contributed by atoms with Crippen molar-refractivity contribution >= 4 is 39.0 Å². The van der Waals surface area contributed by atoms with Crippen molar-refractivity contribution in [2.75, 3.05) is 23.8 Å². The van der Waals surface area contributed by atoms with Crippen molar-refractivity contribution in [2.45, 2.75) is 19.9 Å². The Labute approximate surface area is 126 Å². The number of rotatable bonds is 6. The first-order valence-corrected chi connectivity index (χ1v) is 7.93. The molecule has 4 nitrogen and oxygen atoms in total. The highest BCUT2D eigenvalue weighted by atomic mass is 79.9. The zero-order chi connectivity index (χ0) is 13.7. The van der Waals surface area contributed by atoms with Gasteiger partial charge in [-0.1, -0.05) is 6.92 Å². The van der Waals surface area contributed by atoms with Crippen LogP contribution in [0.3, 0.4) is 0 Å². The number of hydrogen-bond donors (Lipinski definition) is 1. The van der Waals surface area contributed by atoms with E-state index in [0.717, 1.165) is 29.8 Å². The summed E-state index contributed by atoms with van der Waals surface area (Å²) >= 11 is 5.22. The molecule has 0 radical (unpaired) electrons. The Morgan fingerprint density at radius 1 is 1.47 bits per heavy atom. The van der Waals surface area contributed by atoms with E-state index in [-0.39, 0.29) is 0 Å². The second-order valence-corrected chi connectivity index (χ2v) is 5.91. The molecule has 2 rings (SSSR count). The minimum atomic E-state index is 0.678. The monoisotopic (exact) mass is 340 g/mol. The zero-order valence-electron chi connectivity index (χ0n) is 11.1. The smallest absolute Gasteiger partial charge is 0.224 e. The topological polar surface area (TPSA) is 41.1 Å². The summed E-state index contributed by atoms with van der Waals surface area (Å²) < 4.78 is 0.910. The fraction of sp³-hybridized carbons (Fsp3) is 0.385. The van der Waals surface area contributed by atoms with Crippen LogP contribution in [0.1, 0.15) is 18.9 Å². The summed E-state index contributed by atoms with van der Waals surface area (Å²) in [6.07, 6.45) is 2.85. The summed E-state index contributed by atoms with van der Waals surface area (Å²) in [4.78, 5) is 10.9. The van der Waals surface area contributed by atoms with Gasteiger partial charge in [0.25, 0.3) is 0 Å². The predicted molar refractivity (Wildman–Crippen MR) is 84.9 cm³/mol. The van der Waals surface area contributed by atoms with Gasteiger partial charge in [0.05, 0.1) is 4.47 Å². The highest BCUT2D eigenvalue weighted by molar-refractivity contribution is 9.10. The van der Waals surface area contributed by atoms with Crippen LogP contribution < -0.4 is 10.2 Å². The molecule has 19 heavy (non-hydrogen) atoms. The van der Waals surface area contributed by atoms with E-state index >= 15 is 0 Å². The number of anilines is 2. The van der Waals surface area contributed by atoms with Crippen molar-refractivity contribution < 1.29 is 0 Å². The van der Waals surface area contributed by atoms with E-state index in [9.17, 15) is 0 Å². The molecule has 0 amide bonds. The predicted octanol–water partition coefficient (Wildman–Crippen LogP) is 3.76. The van der Waals surface area contributed by atoms with E-state index in [1.807, 2.05) is 7.05 Å². The molecule has 0 saturated carbocycles. The standard InChI is InChI=1S/C13H17BrN4S/c1-3-5-15-13-16-7-11(14)12(17-13)18(2)8-10-4-6-19-9-10/h4,6-7,9H,3,5,8H2,1-2H3,(H,15,16,17). The molecule has 2 aromatic heterocycles. The minimum absolute atomic E-state index is 0.678. The molecule has 2 heterocycles. The molecule has 0 fully saturated rings. The van der Waals surface area contributed by atoms with Crippen LogP contribution in [0.15, 0.2) is 27.5 Å². The first kappa shape index (κ1) is 14.3. The third-order valence-electron chi connectivity index (χ3n) is 2.62. The lowest BCUT2D eigenvalue weighted by molar-refractivity contribution is 0.882. The number of halogens is 1. The van der Waals surface area contributed by atoms with Gasteiger partial charge in [-0.15, -0.1) is 0 Å². The third-order valence-corrected chi connectivity index (χ3v) is 3.91. The van der Waals surface area contributed by atoms with Gasteiger partial charge in [0.1, 0.15) is 5.82 Å². The normalized spacial score (nSPS) is 10.5. The van der Waals surface area contributed by atoms with Crippen molar-refractivity contribution in [3.05, 3.63) is 33.1 Å². The Morgan fingerprint density at radius 3 is 3.00 bits per heavy atom. The van der Waals surface area contributed by atoms with Gasteiger partial charge in [-0.25, -0.2) is 4.98 Å². The van der Waals surface area contributed by atoms with Crippen LogP contribution in [-0.4, -0.2) is 23.6 Å². The highest BCUT2D eigenvalue weighted by Gasteiger charge is 2.10. The van der Waals surface area contributed by atoms with E-state index in [2.05, 4.69) is 59.9 Å². The summed E-state index contributed by atoms with van der Waals surface area (Å²) in [6.45, 7) is 3.84. The molecule has 0 atom stereocenters. The Kier molecular flexibility index (Phi) is 5.15. The molecule has 102 valence electrons. The average molecular weight is 341 g/mol. The molecule has 0 bridgehead atoms. The number of thiophene rings is 1. The Balaban J connectivity index is 2.13. The maximum absolute atomic E-state index is 4.55. The van der Waals surface area contributed by atoms with Crippen molar-refractivity contribution in [1.82, 2.24) is 9.97 Å². The highest BCUT2D eigenvalue weighted by Crippen LogP contribution is 2.25. The molecule has 0 saturated heterocycles. The van der Waals surface area contributed by atoms with Crippen LogP contribution in [0.5, 0.6) is 0 Å². The van der Waals surface area contributed by atoms with Gasteiger partial charge in [-0.3, -0.25) is 0 Å². The molecule has 1 N–H and O–H groups in total. The lowest BCUT2D eigenvalue weighted by Crippen LogP contribution is -2.19. The van der Waals surface area contributed by atoms with E-state index in [0.29, 0.717) is 5.95 Å². The SMILES string of the molecule is CCCNc1ncc(Br)c(N(C)Cc2ccsc2)n1. The fourth-order valence-electron chi connectivity index (χ4n) is 1.68. The van der Waals surface area contributed by atoms with Crippen LogP contribution in [0, 0.1) is 0 Å². The van der Waals surface area contributed by atoms with Gasteiger partial charge >= 0.3 is 0 Å². The molecule has 0 aromatic carbocycles. The summed E-state index contributed by atoms with van der Waals surface area (Å²) in [5.74, 6) is 1.58. The van der Waals surface area contributed by atoms with Gasteiger partial charge in [0.15, 0.2) is 0 Å². The van der Waals surface area contributed by atoms with Crippen LogP contribution >= 0.6 is 27.3 Å². The zero-order valence-corrected chi connectivity index (χ0v) is 13.5. The van der Waals surface area contributed by atoms with Crippen LogP contribution in [0.25, 0.3) is 0 Å². The molecule has 0 aliphatic carbocycles. The second-order valence-electron chi connectivity index (χ2n) is 4.28. The summed E-state index contributed by atoms with van der Waals surface area (Å²) in [5.41, 5.74) is 1.29. The molecule has 6 heteroatoms. The van der Waals surface area contributed by atoms with Crippen LogP contribution in [-0.2, 0) is 6.54 Å². The molecular weight excluding hydrogens is 324 g/mol. The number of nitrogens with one attached hydrogen (secondary N) is 1. The van der Waals surface area contributed by atoms with Gasteiger partial charge in [0, 0.05) is 26.3 Å². The van der Waals surface area contributed by atoms with Crippen molar-refractivity contribution in [1.29, 1.82) is 0 Å². The quantitative estimate of drug-likeness (QED) is 0.869. The molecule has 0 aliphatic rings. The van der Waals surface area contributed by atoms with E-state index in [4.69, 9.17) is 0 Å². The maximum Gasteiger partial charge on any atom is 0.224 e. The fourth-order valence-corrected chi connectivity index (χ4v) is 2.83. The number of aromatic nitrogens is 2. The molecule has 0 spiro atoms. The van der Waals surface area contributed by atoms with Crippen LogP contribution in [0.2, 0.25) is 0 Å². The van der Waals surface area contributed by atoms with Crippen molar-refractivity contribution in [3.63, 3.8) is 0 Å². The Morgan fingerprint density at radius 2 is 2.32 bits per heavy atom. The van der Waals surface area contributed by atoms with Crippen molar-refractivity contribution in [2.24, 2.45) is 0 Å². The number of hydrogen-bond acceptors (Lipinski definition) is 5. The third kappa shape index (κ3) is 3.91. The average Bonchev–Trinajstić information content (AvgIpc) is 2.90. The summed E-state index contributed by atoms with van der Waals surface area (Å²) in [6, 6.07) is 2.13. The molecule has 0 unspecified atom stereocenters. The van der Waals surface area contributed by atoms with Crippen molar-refractivity contribution in [3.8, 4) is 0 Å². The van der Waals surface area contributed by atoms with E-state index < -0.39 is 0 Å². The first-order chi connectivity index (χ1) is 9.20. The van der Waals surface area contributed by atoms with E-state index in [1.54, 1.807) is 17.5 Å². The lowest BCUT2D eigenvalue weighted by atomic mass is 10.3. The Bertz CT molecular complexity index is 515. The summed E-state index contributed by atoms with van der Waals surface area (Å²) in [5, 5.41) is 7.45. The van der Waals surface area contributed by atoms with E-state index in [1.165, 1.54) is 5.56 Å². The molecule has 2 aromatic rings. The largest absolute Gasteiger partial charge is 0.354 e. The molecular formula is C13H17BrN4S. The van der Waals surface area contributed by atoms with Gasteiger partial charge in [-0.2, -0.15) is 16.3 Å². The van der Waals surface area contributed by atoms with Gasteiger partial charge < -0.3 is 10.2 Å². The van der Waals surface area contributed by atoms with Gasteiger partial charge in [-0.05, 0) is 44.7 Å². The van der Waals surface area contributed by atoms with Gasteiger partial charge in [0.2, 0.25) is 5.95 Å². The number of nitrogens with zero attached hydrogens (tertiary/aromatic N) is 3. The maximum atomic E-state index is 4.55. The summed E-state index contributed by atoms with van der Waals surface area (Å²) in [7, 11) is 2.04. The molecule has 0 aliphatic heterocycles. The first-order valence-electron chi connectivity index (χ1n) is 6.19. The minimum Gasteiger partial charge on any atom is -0.354 e. The lowest BCUT2D eigenvalue weighted by Gasteiger charge is -2.19.